The fourth-order valence-electron chi connectivity index (χ4n) is 2.44. The summed E-state index contributed by atoms with van der Waals surface area (Å²) in [7, 11) is 2.12. The molecule has 2 N–H and O–H groups in total. The normalized spacial score (nSPS) is 26.1. The summed E-state index contributed by atoms with van der Waals surface area (Å²) >= 11 is 0. The summed E-state index contributed by atoms with van der Waals surface area (Å²) in [6.45, 7) is 11.3. The van der Waals surface area contributed by atoms with Crippen molar-refractivity contribution in [2.24, 2.45) is 16.6 Å². The third-order valence-electron chi connectivity index (χ3n) is 4.04. The van der Waals surface area contributed by atoms with Crippen molar-refractivity contribution in [3.05, 3.63) is 24.3 Å². The Hall–Kier alpha value is -1.09. The largest absolute Gasteiger partial charge is 0.386 e. The van der Waals surface area contributed by atoms with Gasteiger partial charge in [-0.3, -0.25) is 9.89 Å². The van der Waals surface area contributed by atoms with Gasteiger partial charge in [0.05, 0.1) is 12.1 Å². The molecule has 1 saturated heterocycles. The molecule has 0 amide bonds. The van der Waals surface area contributed by atoms with Crippen LogP contribution in [0.15, 0.2) is 29.3 Å². The maximum absolute atomic E-state index is 6.15. The molecular weight excluding hydrogens is 222 g/mol. The van der Waals surface area contributed by atoms with Crippen LogP contribution in [-0.2, 0) is 0 Å². The van der Waals surface area contributed by atoms with Crippen molar-refractivity contribution in [2.45, 2.75) is 45.7 Å². The smallest absolute Gasteiger partial charge is 0.111 e. The highest BCUT2D eigenvalue weighted by atomic mass is 15.2. The number of nitrogens with two attached hydrogens (primary N) is 1. The summed E-state index contributed by atoms with van der Waals surface area (Å²) in [5.74, 6) is 1.19. The molecule has 1 aliphatic heterocycles. The van der Waals surface area contributed by atoms with Crippen molar-refractivity contribution < 1.29 is 0 Å². The lowest BCUT2D eigenvalue weighted by Gasteiger charge is -2.22. The molecule has 0 aromatic carbocycles. The maximum Gasteiger partial charge on any atom is 0.111 e. The number of allylic oxidation sites excluding steroid dienone is 2. The first-order valence-electron chi connectivity index (χ1n) is 6.80. The van der Waals surface area contributed by atoms with E-state index in [0.717, 1.165) is 18.8 Å². The van der Waals surface area contributed by atoms with Gasteiger partial charge in [-0.2, -0.15) is 0 Å². The Morgan fingerprint density at radius 1 is 1.50 bits per heavy atom. The molecule has 0 saturated carbocycles. The number of hydrogen-bond acceptors (Lipinski definition) is 2. The molecule has 0 aliphatic carbocycles. The number of rotatable bonds is 5. The molecule has 3 heteroatoms. The highest BCUT2D eigenvalue weighted by Crippen LogP contribution is 2.19. The molecule has 0 bridgehead atoms. The molecular formula is C15H27N3. The summed E-state index contributed by atoms with van der Waals surface area (Å²) in [6.07, 6.45) is 6.23. The Labute approximate surface area is 111 Å². The van der Waals surface area contributed by atoms with E-state index in [1.54, 1.807) is 0 Å². The molecule has 3 nitrogen and oxygen atoms in total. The van der Waals surface area contributed by atoms with E-state index in [4.69, 9.17) is 10.7 Å². The molecule has 0 spiro atoms. The van der Waals surface area contributed by atoms with Crippen LogP contribution in [0.5, 0.6) is 0 Å². The number of nitrogens with zero attached hydrogens (tertiary/aromatic N) is 2. The molecule has 1 aliphatic rings. The van der Waals surface area contributed by atoms with Crippen LogP contribution in [0.2, 0.25) is 0 Å². The van der Waals surface area contributed by atoms with E-state index in [-0.39, 0.29) is 6.04 Å². The van der Waals surface area contributed by atoms with Crippen molar-refractivity contribution >= 4 is 5.84 Å². The number of likely N-dealkylation sites (N-methyl/N-ethyl adjacent to an activating group) is 1. The summed E-state index contributed by atoms with van der Waals surface area (Å²) < 4.78 is 0. The Morgan fingerprint density at radius 2 is 2.17 bits per heavy atom. The average molecular weight is 249 g/mol. The maximum atomic E-state index is 6.15. The lowest BCUT2D eigenvalue weighted by Crippen LogP contribution is -2.39. The van der Waals surface area contributed by atoms with Gasteiger partial charge in [0.25, 0.3) is 0 Å². The highest BCUT2D eigenvalue weighted by molar-refractivity contribution is 5.86. The van der Waals surface area contributed by atoms with E-state index < -0.39 is 0 Å². The molecule has 0 aromatic rings. The van der Waals surface area contributed by atoms with Crippen molar-refractivity contribution in [3.63, 3.8) is 0 Å². The van der Waals surface area contributed by atoms with E-state index in [1.807, 2.05) is 6.08 Å². The lowest BCUT2D eigenvalue weighted by molar-refractivity contribution is 0.369. The lowest BCUT2D eigenvalue weighted by atomic mass is 9.95. The number of hydrogen-bond donors (Lipinski definition) is 1. The van der Waals surface area contributed by atoms with E-state index in [2.05, 4.69) is 45.4 Å². The number of aliphatic imine (C=N–C) groups is 1. The third-order valence-corrected chi connectivity index (χ3v) is 4.04. The van der Waals surface area contributed by atoms with Gasteiger partial charge in [0.1, 0.15) is 5.84 Å². The molecule has 0 unspecified atom stereocenters. The fourth-order valence-corrected chi connectivity index (χ4v) is 2.44. The van der Waals surface area contributed by atoms with Crippen LogP contribution in [-0.4, -0.2) is 36.4 Å². The first kappa shape index (κ1) is 15.0. The molecule has 18 heavy (non-hydrogen) atoms. The van der Waals surface area contributed by atoms with Gasteiger partial charge in [0.15, 0.2) is 0 Å². The minimum Gasteiger partial charge on any atom is -0.386 e. The summed E-state index contributed by atoms with van der Waals surface area (Å²) in [6, 6.07) is 0.554. The molecule has 3 atom stereocenters. The van der Waals surface area contributed by atoms with Gasteiger partial charge in [-0.1, -0.05) is 31.2 Å². The zero-order valence-corrected chi connectivity index (χ0v) is 12.2. The summed E-state index contributed by atoms with van der Waals surface area (Å²) in [5, 5.41) is 0. The van der Waals surface area contributed by atoms with Gasteiger partial charge < -0.3 is 5.73 Å². The first-order valence-corrected chi connectivity index (χ1v) is 6.80. The van der Waals surface area contributed by atoms with Crippen LogP contribution in [0, 0.1) is 5.92 Å². The molecule has 0 aromatic heterocycles. The second-order valence-electron chi connectivity index (χ2n) is 5.37. The standard InChI is InChI=1S/C15H27N3/c1-6-8-11(2)12(3)13(4)17-15(16)14-9-7-10-18(14)5/h6,8,12-14H,1,7,9-10H2,2-5H3,(H2,16,17)/b11-8-/t12-,13-,14+/m1/s1. The second-order valence-corrected chi connectivity index (χ2v) is 5.37. The third kappa shape index (κ3) is 3.70. The topological polar surface area (TPSA) is 41.6 Å². The van der Waals surface area contributed by atoms with E-state index in [0.29, 0.717) is 12.0 Å². The Kier molecular flexibility index (Phi) is 5.60. The molecule has 1 heterocycles. The molecule has 1 rings (SSSR count). The van der Waals surface area contributed by atoms with Gasteiger partial charge in [0.2, 0.25) is 0 Å². The fraction of sp³-hybridized carbons (Fsp3) is 0.667. The number of likely N-dealkylation sites (tertiary alicyclic amines) is 1. The van der Waals surface area contributed by atoms with Crippen LogP contribution in [0.1, 0.15) is 33.6 Å². The molecule has 102 valence electrons. The minimum atomic E-state index is 0.218. The van der Waals surface area contributed by atoms with Crippen LogP contribution in [0.3, 0.4) is 0 Å². The Bertz CT molecular complexity index is 344. The molecule has 1 fully saturated rings. The van der Waals surface area contributed by atoms with E-state index in [1.165, 1.54) is 12.0 Å². The zero-order valence-electron chi connectivity index (χ0n) is 12.2. The van der Waals surface area contributed by atoms with Crippen molar-refractivity contribution in [1.82, 2.24) is 4.90 Å². The quantitative estimate of drug-likeness (QED) is 0.462. The van der Waals surface area contributed by atoms with Gasteiger partial charge in [-0.15, -0.1) is 0 Å². The minimum absolute atomic E-state index is 0.218. The predicted octanol–water partition coefficient (Wildman–Crippen LogP) is 2.59. The van der Waals surface area contributed by atoms with Crippen LogP contribution in [0.25, 0.3) is 0 Å². The Morgan fingerprint density at radius 3 is 2.67 bits per heavy atom. The van der Waals surface area contributed by atoms with E-state index >= 15 is 0 Å². The van der Waals surface area contributed by atoms with Crippen molar-refractivity contribution in [2.75, 3.05) is 13.6 Å². The van der Waals surface area contributed by atoms with Crippen LogP contribution in [0.4, 0.5) is 0 Å². The van der Waals surface area contributed by atoms with Gasteiger partial charge >= 0.3 is 0 Å². The van der Waals surface area contributed by atoms with Gasteiger partial charge in [0, 0.05) is 0 Å². The Balaban J connectivity index is 2.69. The predicted molar refractivity (Wildman–Crippen MR) is 79.9 cm³/mol. The summed E-state index contributed by atoms with van der Waals surface area (Å²) in [5.41, 5.74) is 7.45. The van der Waals surface area contributed by atoms with Crippen molar-refractivity contribution in [1.29, 1.82) is 0 Å². The van der Waals surface area contributed by atoms with Gasteiger partial charge in [-0.05, 0) is 46.2 Å². The van der Waals surface area contributed by atoms with Gasteiger partial charge in [-0.25, -0.2) is 0 Å². The van der Waals surface area contributed by atoms with E-state index in [9.17, 15) is 0 Å². The molecule has 0 radical (unpaired) electrons. The monoisotopic (exact) mass is 249 g/mol. The van der Waals surface area contributed by atoms with Crippen LogP contribution < -0.4 is 5.73 Å². The summed E-state index contributed by atoms with van der Waals surface area (Å²) in [4.78, 5) is 6.98. The van der Waals surface area contributed by atoms with Crippen LogP contribution >= 0.6 is 0 Å². The first-order chi connectivity index (χ1) is 8.47. The highest BCUT2D eigenvalue weighted by Gasteiger charge is 2.25. The SMILES string of the molecule is C=C/C=C(/C)[C@@H](C)[C@@H](C)N=C(N)[C@@H]1CCCN1C. The van der Waals surface area contributed by atoms with Crippen molar-refractivity contribution in [3.8, 4) is 0 Å². The average Bonchev–Trinajstić information content (AvgIpc) is 2.74. The number of amidine groups is 1. The second kappa shape index (κ2) is 6.74. The zero-order chi connectivity index (χ0) is 13.7.